The van der Waals surface area contributed by atoms with E-state index in [9.17, 15) is 18.0 Å². The number of pyridine rings is 1. The minimum absolute atomic E-state index is 0.00407. The number of aromatic nitrogens is 3. The zero-order valence-corrected chi connectivity index (χ0v) is 19.0. The molecule has 0 bridgehead atoms. The van der Waals surface area contributed by atoms with Crippen LogP contribution in [0.3, 0.4) is 0 Å². The summed E-state index contributed by atoms with van der Waals surface area (Å²) in [5.41, 5.74) is 2.01. The van der Waals surface area contributed by atoms with Crippen LogP contribution in [0.15, 0.2) is 45.8 Å². The zero-order valence-electron chi connectivity index (χ0n) is 17.4. The first-order valence-electron chi connectivity index (χ1n) is 9.50. The summed E-state index contributed by atoms with van der Waals surface area (Å²) in [5.74, 6) is -0.309. The van der Waals surface area contributed by atoms with Gasteiger partial charge in [0.15, 0.2) is 0 Å². The van der Waals surface area contributed by atoms with Crippen molar-refractivity contribution in [3.05, 3.63) is 74.6 Å². The Labute approximate surface area is 188 Å². The average molecular weight is 475 g/mol. The number of benzene rings is 1. The number of carbonyl (C=O) groups excluding carboxylic acids is 1. The van der Waals surface area contributed by atoms with Crippen molar-refractivity contribution >= 4 is 38.4 Å². The summed E-state index contributed by atoms with van der Waals surface area (Å²) in [6.07, 6.45) is 2.36. The lowest BCUT2D eigenvalue weighted by Crippen LogP contribution is -2.32. The highest BCUT2D eigenvalue weighted by molar-refractivity contribution is 7.89. The van der Waals surface area contributed by atoms with Gasteiger partial charge in [-0.2, -0.15) is 0 Å². The van der Waals surface area contributed by atoms with Gasteiger partial charge < -0.3 is 14.1 Å². The maximum absolute atomic E-state index is 13.2. The molecule has 0 atom stereocenters. The molecule has 0 aliphatic heterocycles. The van der Waals surface area contributed by atoms with E-state index in [1.165, 1.54) is 6.20 Å². The first-order chi connectivity index (χ1) is 15.1. The zero-order chi connectivity index (χ0) is 23.2. The number of carbonyl (C=O) groups is 1. The fraction of sp³-hybridized carbons (Fsp3) is 0.190. The highest BCUT2D eigenvalue weighted by atomic mass is 35.5. The fourth-order valence-corrected chi connectivity index (χ4v) is 4.33. The number of nitrogens with zero attached hydrogens (tertiary/aromatic N) is 2. The molecule has 3 aromatic heterocycles. The molecule has 1 amide bonds. The molecule has 2 N–H and O–H groups in total. The maximum Gasteiger partial charge on any atom is 0.282 e. The van der Waals surface area contributed by atoms with Crippen LogP contribution >= 0.6 is 11.6 Å². The van der Waals surface area contributed by atoms with Crippen molar-refractivity contribution in [2.24, 2.45) is 0 Å². The topological polar surface area (TPSA) is 127 Å². The number of sulfonamides is 1. The maximum atomic E-state index is 13.2. The van der Waals surface area contributed by atoms with E-state index in [0.29, 0.717) is 27.4 Å². The summed E-state index contributed by atoms with van der Waals surface area (Å²) in [6, 6.07) is 8.20. The van der Waals surface area contributed by atoms with Crippen LogP contribution < -0.4 is 10.3 Å². The van der Waals surface area contributed by atoms with Gasteiger partial charge >= 0.3 is 0 Å². The van der Waals surface area contributed by atoms with Crippen molar-refractivity contribution in [1.82, 2.24) is 19.4 Å². The number of nitrogens with one attached hydrogen (secondary N) is 2. The Kier molecular flexibility index (Phi) is 5.43. The van der Waals surface area contributed by atoms with E-state index in [-0.39, 0.29) is 23.4 Å². The van der Waals surface area contributed by atoms with Gasteiger partial charge in [0.2, 0.25) is 10.0 Å². The monoisotopic (exact) mass is 474 g/mol. The van der Waals surface area contributed by atoms with Crippen molar-refractivity contribution in [3.63, 3.8) is 0 Å². The molecule has 0 radical (unpaired) electrons. The smallest absolute Gasteiger partial charge is 0.282 e. The molecule has 166 valence electrons. The number of aryl methyl sites for hydroxylation is 2. The molecule has 1 aromatic carbocycles. The summed E-state index contributed by atoms with van der Waals surface area (Å²) < 4.78 is 32.7. The minimum atomic E-state index is -3.88. The first kappa shape index (κ1) is 21.8. The van der Waals surface area contributed by atoms with Crippen molar-refractivity contribution in [3.8, 4) is 11.1 Å². The standard InChI is InChI=1S/C21H19ClN4O5S/c1-11-16(12(2)31-24-11)10-26-17-7-6-13(22)9-15(17)18(14-5-4-8-23-20(14)27)19(26)21(28)25-32(3,29)30/h4-9H,10H2,1-3H3,(H,23,27)(H,25,28). The second-order valence-corrected chi connectivity index (χ2v) is 9.58. The molecule has 3 heterocycles. The van der Waals surface area contributed by atoms with Crippen molar-refractivity contribution in [2.75, 3.05) is 6.26 Å². The van der Waals surface area contributed by atoms with Gasteiger partial charge in [-0.15, -0.1) is 0 Å². The molecule has 32 heavy (non-hydrogen) atoms. The van der Waals surface area contributed by atoms with Gasteiger partial charge in [-0.25, -0.2) is 13.1 Å². The Balaban J connectivity index is 2.12. The molecule has 4 aromatic rings. The number of aromatic amines is 1. The third kappa shape index (κ3) is 3.94. The Morgan fingerprint density at radius 3 is 2.66 bits per heavy atom. The summed E-state index contributed by atoms with van der Waals surface area (Å²) in [5, 5.41) is 4.88. The summed E-state index contributed by atoms with van der Waals surface area (Å²) in [7, 11) is -3.88. The van der Waals surface area contributed by atoms with Crippen LogP contribution in [0.1, 0.15) is 27.5 Å². The van der Waals surface area contributed by atoms with Crippen molar-refractivity contribution < 1.29 is 17.7 Å². The van der Waals surface area contributed by atoms with Gasteiger partial charge in [-0.05, 0) is 44.2 Å². The third-order valence-corrected chi connectivity index (χ3v) is 5.89. The molecule has 0 unspecified atom stereocenters. The van der Waals surface area contributed by atoms with E-state index < -0.39 is 21.5 Å². The molecule has 4 rings (SSSR count). The Morgan fingerprint density at radius 1 is 1.28 bits per heavy atom. The molecular formula is C21H19ClN4O5S. The highest BCUT2D eigenvalue weighted by Gasteiger charge is 2.28. The fourth-order valence-electron chi connectivity index (χ4n) is 3.72. The largest absolute Gasteiger partial charge is 0.361 e. The molecule has 0 aliphatic carbocycles. The first-order valence-corrected chi connectivity index (χ1v) is 11.8. The van der Waals surface area contributed by atoms with Gasteiger partial charge in [0.25, 0.3) is 11.5 Å². The average Bonchev–Trinajstić information content (AvgIpc) is 3.19. The van der Waals surface area contributed by atoms with Crippen LogP contribution in [0.25, 0.3) is 22.0 Å². The molecule has 0 fully saturated rings. The Morgan fingerprint density at radius 2 is 2.03 bits per heavy atom. The van der Waals surface area contributed by atoms with Crippen LogP contribution in [0.4, 0.5) is 0 Å². The van der Waals surface area contributed by atoms with E-state index in [2.05, 4.69) is 10.1 Å². The second-order valence-electron chi connectivity index (χ2n) is 7.39. The van der Waals surface area contributed by atoms with Crippen LogP contribution in [0.5, 0.6) is 0 Å². The summed E-state index contributed by atoms with van der Waals surface area (Å²) in [6.45, 7) is 3.68. The summed E-state index contributed by atoms with van der Waals surface area (Å²) in [4.78, 5) is 28.5. The molecule has 11 heteroatoms. The van der Waals surface area contributed by atoms with Gasteiger partial charge in [0, 0.05) is 38.8 Å². The van der Waals surface area contributed by atoms with Gasteiger partial charge in [0.1, 0.15) is 11.5 Å². The number of hydrogen-bond donors (Lipinski definition) is 2. The number of fused-ring (bicyclic) bond motifs is 1. The number of rotatable bonds is 5. The van der Waals surface area contributed by atoms with Crippen molar-refractivity contribution in [2.45, 2.75) is 20.4 Å². The van der Waals surface area contributed by atoms with Gasteiger partial charge in [0.05, 0.1) is 18.5 Å². The van der Waals surface area contributed by atoms with Crippen LogP contribution in [0, 0.1) is 13.8 Å². The molecule has 0 aliphatic rings. The highest BCUT2D eigenvalue weighted by Crippen LogP contribution is 2.36. The quantitative estimate of drug-likeness (QED) is 0.457. The summed E-state index contributed by atoms with van der Waals surface area (Å²) >= 11 is 6.24. The SMILES string of the molecule is Cc1noc(C)c1Cn1c(C(=O)NS(C)(=O)=O)c(-c2ccc[nH]c2=O)c2cc(Cl)ccc21. The Hall–Kier alpha value is -3.37. The lowest BCUT2D eigenvalue weighted by atomic mass is 10.0. The van der Waals surface area contributed by atoms with Crippen LogP contribution in [-0.2, 0) is 16.6 Å². The number of hydrogen-bond acceptors (Lipinski definition) is 6. The number of H-pyrrole nitrogens is 1. The third-order valence-electron chi connectivity index (χ3n) is 5.10. The van der Waals surface area contributed by atoms with Crippen LogP contribution in [0.2, 0.25) is 5.02 Å². The van der Waals surface area contributed by atoms with E-state index in [1.54, 1.807) is 48.7 Å². The van der Waals surface area contributed by atoms with Crippen molar-refractivity contribution in [1.29, 1.82) is 0 Å². The second kappa shape index (κ2) is 7.95. The number of halogens is 1. The molecule has 0 spiro atoms. The molecular weight excluding hydrogens is 456 g/mol. The number of amides is 1. The van der Waals surface area contributed by atoms with E-state index in [1.807, 2.05) is 4.72 Å². The lowest BCUT2D eigenvalue weighted by Gasteiger charge is -2.12. The van der Waals surface area contributed by atoms with E-state index in [4.69, 9.17) is 16.1 Å². The minimum Gasteiger partial charge on any atom is -0.361 e. The molecule has 0 saturated heterocycles. The normalized spacial score (nSPS) is 11.8. The van der Waals surface area contributed by atoms with Crippen LogP contribution in [-0.4, -0.2) is 35.3 Å². The Bertz CT molecular complexity index is 1510. The van der Waals surface area contributed by atoms with Gasteiger partial charge in [-0.1, -0.05) is 16.8 Å². The predicted molar refractivity (Wildman–Crippen MR) is 120 cm³/mol. The van der Waals surface area contributed by atoms with E-state index in [0.717, 1.165) is 11.8 Å². The molecule has 0 saturated carbocycles. The van der Waals surface area contributed by atoms with Gasteiger partial charge in [-0.3, -0.25) is 9.59 Å². The molecule has 9 nitrogen and oxygen atoms in total. The predicted octanol–water partition coefficient (Wildman–Crippen LogP) is 2.99. The van der Waals surface area contributed by atoms with E-state index >= 15 is 0 Å². The lowest BCUT2D eigenvalue weighted by molar-refractivity contribution is 0.0974.